The van der Waals surface area contributed by atoms with Crippen LogP contribution in [0, 0.1) is 12.3 Å². The van der Waals surface area contributed by atoms with Crippen LogP contribution < -0.4 is 10.6 Å². The molecule has 1 heterocycles. The second-order valence-corrected chi connectivity index (χ2v) is 3.17. The van der Waals surface area contributed by atoms with E-state index >= 15 is 0 Å². The molecular weight excluding hydrogens is 162 g/mol. The summed E-state index contributed by atoms with van der Waals surface area (Å²) in [7, 11) is 0. The standard InChI is InChI=1S/C10H17N3/c1-3-6-9(4-2)13-10-11-7-5-8-12-10/h1,9H,4-8H2,2H3,(H2,11,12,13). The lowest BCUT2D eigenvalue weighted by molar-refractivity contribution is 0.577. The first-order valence-corrected chi connectivity index (χ1v) is 4.85. The fraction of sp³-hybridized carbons (Fsp3) is 0.700. The zero-order valence-electron chi connectivity index (χ0n) is 8.14. The molecule has 1 atom stereocenters. The lowest BCUT2D eigenvalue weighted by Crippen LogP contribution is -2.45. The quantitative estimate of drug-likeness (QED) is 0.627. The number of guanidine groups is 1. The second kappa shape index (κ2) is 5.47. The minimum atomic E-state index is 0.356. The van der Waals surface area contributed by atoms with Gasteiger partial charge in [-0.15, -0.1) is 12.3 Å². The van der Waals surface area contributed by atoms with Crippen molar-refractivity contribution in [3.63, 3.8) is 0 Å². The molecule has 1 aliphatic heterocycles. The Balaban J connectivity index is 2.36. The highest BCUT2D eigenvalue weighted by Gasteiger charge is 2.08. The van der Waals surface area contributed by atoms with Gasteiger partial charge in [0, 0.05) is 25.6 Å². The molecule has 2 N–H and O–H groups in total. The molecule has 0 radical (unpaired) electrons. The Morgan fingerprint density at radius 2 is 2.62 bits per heavy atom. The van der Waals surface area contributed by atoms with Crippen LogP contribution in [0.4, 0.5) is 0 Å². The van der Waals surface area contributed by atoms with Crippen LogP contribution in [0.25, 0.3) is 0 Å². The van der Waals surface area contributed by atoms with Crippen molar-refractivity contribution in [1.82, 2.24) is 10.6 Å². The summed E-state index contributed by atoms with van der Waals surface area (Å²) in [5, 5.41) is 6.52. The average Bonchev–Trinajstić information content (AvgIpc) is 2.19. The maximum atomic E-state index is 5.26. The number of nitrogens with zero attached hydrogens (tertiary/aromatic N) is 1. The van der Waals surface area contributed by atoms with E-state index in [1.807, 2.05) is 0 Å². The molecule has 1 unspecified atom stereocenters. The first-order chi connectivity index (χ1) is 6.36. The summed E-state index contributed by atoms with van der Waals surface area (Å²) in [6.45, 7) is 4.05. The summed E-state index contributed by atoms with van der Waals surface area (Å²) in [6.07, 6.45) is 8.18. The van der Waals surface area contributed by atoms with Gasteiger partial charge in [0.2, 0.25) is 0 Å². The molecule has 0 aliphatic carbocycles. The molecule has 0 spiro atoms. The van der Waals surface area contributed by atoms with Crippen molar-refractivity contribution in [3.8, 4) is 12.3 Å². The molecule has 72 valence electrons. The van der Waals surface area contributed by atoms with Crippen molar-refractivity contribution in [2.24, 2.45) is 4.99 Å². The molecule has 1 aliphatic rings. The Morgan fingerprint density at radius 1 is 1.77 bits per heavy atom. The first kappa shape index (κ1) is 9.91. The molecular formula is C10H17N3. The SMILES string of the molecule is C#CCC(CC)NC1=NCCCN1. The third-order valence-electron chi connectivity index (χ3n) is 2.10. The lowest BCUT2D eigenvalue weighted by Gasteiger charge is -2.21. The summed E-state index contributed by atoms with van der Waals surface area (Å²) in [5.74, 6) is 3.57. The van der Waals surface area contributed by atoms with Gasteiger partial charge in [-0.05, 0) is 12.8 Å². The monoisotopic (exact) mass is 179 g/mol. The average molecular weight is 179 g/mol. The Hall–Kier alpha value is -1.17. The van der Waals surface area contributed by atoms with Crippen molar-refractivity contribution in [3.05, 3.63) is 0 Å². The molecule has 1 rings (SSSR count). The third-order valence-corrected chi connectivity index (χ3v) is 2.10. The smallest absolute Gasteiger partial charge is 0.191 e. The summed E-state index contributed by atoms with van der Waals surface area (Å²) in [5.41, 5.74) is 0. The highest BCUT2D eigenvalue weighted by molar-refractivity contribution is 5.80. The molecule has 0 aromatic heterocycles. The Labute approximate surface area is 80.0 Å². The summed E-state index contributed by atoms with van der Waals surface area (Å²) in [6, 6.07) is 0.356. The number of aliphatic imine (C=N–C) groups is 1. The minimum Gasteiger partial charge on any atom is -0.356 e. The number of hydrogen-bond acceptors (Lipinski definition) is 3. The van der Waals surface area contributed by atoms with Gasteiger partial charge >= 0.3 is 0 Å². The van der Waals surface area contributed by atoms with E-state index in [1.54, 1.807) is 0 Å². The Morgan fingerprint density at radius 3 is 3.15 bits per heavy atom. The highest BCUT2D eigenvalue weighted by Crippen LogP contribution is 1.97. The van der Waals surface area contributed by atoms with E-state index in [1.165, 1.54) is 0 Å². The molecule has 0 aromatic carbocycles. The van der Waals surface area contributed by atoms with Crippen LogP contribution in [-0.2, 0) is 0 Å². The Kier molecular flexibility index (Phi) is 4.17. The van der Waals surface area contributed by atoms with Gasteiger partial charge in [0.1, 0.15) is 0 Å². The highest BCUT2D eigenvalue weighted by atomic mass is 15.2. The first-order valence-electron chi connectivity index (χ1n) is 4.85. The molecule has 3 heteroatoms. The van der Waals surface area contributed by atoms with Crippen molar-refractivity contribution >= 4 is 5.96 Å². The van der Waals surface area contributed by atoms with Crippen LogP contribution >= 0.6 is 0 Å². The molecule has 13 heavy (non-hydrogen) atoms. The van der Waals surface area contributed by atoms with Gasteiger partial charge < -0.3 is 10.6 Å². The van der Waals surface area contributed by atoms with Crippen LogP contribution in [0.15, 0.2) is 4.99 Å². The molecule has 0 fully saturated rings. The van der Waals surface area contributed by atoms with E-state index in [-0.39, 0.29) is 0 Å². The fourth-order valence-corrected chi connectivity index (χ4v) is 1.26. The van der Waals surface area contributed by atoms with Gasteiger partial charge in [-0.25, -0.2) is 0 Å². The largest absolute Gasteiger partial charge is 0.356 e. The van der Waals surface area contributed by atoms with Crippen LogP contribution in [0.2, 0.25) is 0 Å². The fourth-order valence-electron chi connectivity index (χ4n) is 1.26. The van der Waals surface area contributed by atoms with Gasteiger partial charge in [-0.2, -0.15) is 0 Å². The molecule has 0 saturated carbocycles. The minimum absolute atomic E-state index is 0.356. The summed E-state index contributed by atoms with van der Waals surface area (Å²) < 4.78 is 0. The summed E-state index contributed by atoms with van der Waals surface area (Å²) in [4.78, 5) is 4.33. The van der Waals surface area contributed by atoms with Gasteiger partial charge in [0.15, 0.2) is 5.96 Å². The van der Waals surface area contributed by atoms with Crippen molar-refractivity contribution in [2.75, 3.05) is 13.1 Å². The maximum absolute atomic E-state index is 5.26. The topological polar surface area (TPSA) is 36.4 Å². The predicted molar refractivity (Wildman–Crippen MR) is 55.6 cm³/mol. The second-order valence-electron chi connectivity index (χ2n) is 3.17. The van der Waals surface area contributed by atoms with Crippen LogP contribution in [0.5, 0.6) is 0 Å². The van der Waals surface area contributed by atoms with Gasteiger partial charge in [-0.1, -0.05) is 6.92 Å². The van der Waals surface area contributed by atoms with E-state index in [4.69, 9.17) is 6.42 Å². The van der Waals surface area contributed by atoms with Crippen molar-refractivity contribution in [1.29, 1.82) is 0 Å². The number of terminal acetylenes is 1. The maximum Gasteiger partial charge on any atom is 0.191 e. The van der Waals surface area contributed by atoms with Crippen molar-refractivity contribution < 1.29 is 0 Å². The lowest BCUT2D eigenvalue weighted by atomic mass is 10.1. The molecule has 0 amide bonds. The molecule has 0 bridgehead atoms. The van der Waals surface area contributed by atoms with Crippen molar-refractivity contribution in [2.45, 2.75) is 32.2 Å². The van der Waals surface area contributed by atoms with E-state index < -0.39 is 0 Å². The van der Waals surface area contributed by atoms with E-state index in [2.05, 4.69) is 28.5 Å². The number of nitrogens with one attached hydrogen (secondary N) is 2. The van der Waals surface area contributed by atoms with E-state index in [9.17, 15) is 0 Å². The van der Waals surface area contributed by atoms with Gasteiger partial charge in [0.05, 0.1) is 0 Å². The van der Waals surface area contributed by atoms with Crippen LogP contribution in [0.3, 0.4) is 0 Å². The zero-order valence-corrected chi connectivity index (χ0v) is 8.14. The van der Waals surface area contributed by atoms with E-state index in [0.29, 0.717) is 6.04 Å². The molecule has 0 aromatic rings. The van der Waals surface area contributed by atoms with Gasteiger partial charge in [0.25, 0.3) is 0 Å². The molecule has 3 nitrogen and oxygen atoms in total. The number of hydrogen-bond donors (Lipinski definition) is 2. The molecule has 0 saturated heterocycles. The van der Waals surface area contributed by atoms with Crippen LogP contribution in [0.1, 0.15) is 26.2 Å². The van der Waals surface area contributed by atoms with E-state index in [0.717, 1.165) is 38.3 Å². The third kappa shape index (κ3) is 3.37. The Bertz CT molecular complexity index is 215. The zero-order chi connectivity index (χ0) is 9.52. The summed E-state index contributed by atoms with van der Waals surface area (Å²) >= 11 is 0. The predicted octanol–water partition coefficient (Wildman–Crippen LogP) is 0.727. The van der Waals surface area contributed by atoms with Gasteiger partial charge in [-0.3, -0.25) is 4.99 Å². The number of rotatable bonds is 3. The van der Waals surface area contributed by atoms with Crippen LogP contribution in [-0.4, -0.2) is 25.1 Å². The normalized spacial score (nSPS) is 18.0.